The van der Waals surface area contributed by atoms with Crippen molar-refractivity contribution in [2.75, 3.05) is 18.0 Å². The molecule has 0 bridgehead atoms. The van der Waals surface area contributed by atoms with Crippen molar-refractivity contribution in [2.24, 2.45) is 5.92 Å². The van der Waals surface area contributed by atoms with Gasteiger partial charge in [-0.15, -0.1) is 0 Å². The maximum atomic E-state index is 3.65. The van der Waals surface area contributed by atoms with Crippen molar-refractivity contribution in [3.63, 3.8) is 0 Å². The first kappa shape index (κ1) is 10.9. The number of rotatable bonds is 1. The number of benzene rings is 1. The van der Waals surface area contributed by atoms with Crippen LogP contribution >= 0.6 is 0 Å². The largest absolute Gasteiger partial charge is 0.366 e. The molecule has 0 aromatic heterocycles. The second kappa shape index (κ2) is 3.51. The number of nitrogens with one attached hydrogen (secondary N) is 1. The third kappa shape index (κ3) is 1.45. The molecule has 0 radical (unpaired) electrons. The Kier molecular flexibility index (Phi) is 2.12. The molecule has 0 amide bonds. The van der Waals surface area contributed by atoms with E-state index in [1.165, 1.54) is 24.9 Å². The number of hydrogen-bond acceptors (Lipinski definition) is 2. The monoisotopic (exact) mass is 242 g/mol. The van der Waals surface area contributed by atoms with Crippen LogP contribution in [-0.2, 0) is 12.0 Å². The van der Waals surface area contributed by atoms with Crippen LogP contribution in [0, 0.1) is 5.92 Å². The lowest BCUT2D eigenvalue weighted by Crippen LogP contribution is -2.43. The molecule has 18 heavy (non-hydrogen) atoms. The van der Waals surface area contributed by atoms with E-state index in [1.807, 2.05) is 0 Å². The fraction of sp³-hybridized carbons (Fsp3) is 0.625. The fourth-order valence-electron chi connectivity index (χ4n) is 3.86. The first-order valence-corrected chi connectivity index (χ1v) is 7.26. The van der Waals surface area contributed by atoms with Crippen LogP contribution in [0.25, 0.3) is 0 Å². The SMILES string of the molecule is CC1(C)CN2c3c(cccc31)CNCC2C1CC1. The quantitative estimate of drug-likeness (QED) is 0.814. The van der Waals surface area contributed by atoms with Gasteiger partial charge in [-0.25, -0.2) is 0 Å². The fourth-order valence-corrected chi connectivity index (χ4v) is 3.86. The molecule has 3 aliphatic rings. The normalized spacial score (nSPS) is 29.0. The second-order valence-electron chi connectivity index (χ2n) is 6.86. The van der Waals surface area contributed by atoms with Crippen LogP contribution in [0.15, 0.2) is 18.2 Å². The summed E-state index contributed by atoms with van der Waals surface area (Å²) in [4.78, 5) is 2.72. The van der Waals surface area contributed by atoms with Gasteiger partial charge in [-0.3, -0.25) is 0 Å². The Hall–Kier alpha value is -1.02. The van der Waals surface area contributed by atoms with E-state index in [0.717, 1.165) is 25.0 Å². The van der Waals surface area contributed by atoms with Crippen molar-refractivity contribution in [3.8, 4) is 0 Å². The summed E-state index contributed by atoms with van der Waals surface area (Å²) in [6.45, 7) is 8.19. The molecule has 2 nitrogen and oxygen atoms in total. The third-order valence-corrected chi connectivity index (χ3v) is 4.94. The molecule has 2 heterocycles. The van der Waals surface area contributed by atoms with E-state index in [9.17, 15) is 0 Å². The summed E-state index contributed by atoms with van der Waals surface area (Å²) in [6, 6.07) is 7.61. The van der Waals surface area contributed by atoms with Gasteiger partial charge in [0.25, 0.3) is 0 Å². The first-order valence-electron chi connectivity index (χ1n) is 7.26. The van der Waals surface area contributed by atoms with Gasteiger partial charge < -0.3 is 10.2 Å². The standard InChI is InChI=1S/C16H22N2/c1-16(2)10-18-14(11-6-7-11)9-17-8-12-4-3-5-13(16)15(12)18/h3-5,11,14,17H,6-10H2,1-2H3. The minimum absolute atomic E-state index is 0.315. The van der Waals surface area contributed by atoms with Gasteiger partial charge in [-0.1, -0.05) is 32.0 Å². The second-order valence-corrected chi connectivity index (χ2v) is 6.86. The summed E-state index contributed by atoms with van der Waals surface area (Å²) in [5.41, 5.74) is 4.94. The molecule has 96 valence electrons. The molecule has 1 fully saturated rings. The molecule has 1 saturated carbocycles. The minimum atomic E-state index is 0.315. The molecule has 0 spiro atoms. The van der Waals surface area contributed by atoms with Gasteiger partial charge in [0.2, 0.25) is 0 Å². The third-order valence-electron chi connectivity index (χ3n) is 4.94. The van der Waals surface area contributed by atoms with E-state index in [0.29, 0.717) is 5.41 Å². The lowest BCUT2D eigenvalue weighted by molar-refractivity contribution is 0.464. The van der Waals surface area contributed by atoms with Crippen LogP contribution in [0.1, 0.15) is 37.8 Å². The Bertz CT molecular complexity index is 488. The van der Waals surface area contributed by atoms with Crippen LogP contribution < -0.4 is 10.2 Å². The maximum absolute atomic E-state index is 3.65. The molecule has 2 aliphatic heterocycles. The van der Waals surface area contributed by atoms with Gasteiger partial charge >= 0.3 is 0 Å². The van der Waals surface area contributed by atoms with Crippen LogP contribution in [-0.4, -0.2) is 19.1 Å². The van der Waals surface area contributed by atoms with Crippen LogP contribution in [0.2, 0.25) is 0 Å². The van der Waals surface area contributed by atoms with E-state index < -0.39 is 0 Å². The smallest absolute Gasteiger partial charge is 0.0453 e. The Balaban J connectivity index is 1.86. The number of nitrogens with zero attached hydrogens (tertiary/aromatic N) is 1. The van der Waals surface area contributed by atoms with E-state index in [2.05, 4.69) is 42.3 Å². The summed E-state index contributed by atoms with van der Waals surface area (Å²) in [5, 5.41) is 3.65. The topological polar surface area (TPSA) is 15.3 Å². The molecule has 1 N–H and O–H groups in total. The lowest BCUT2D eigenvalue weighted by atomic mass is 9.86. The van der Waals surface area contributed by atoms with Gasteiger partial charge in [0, 0.05) is 36.8 Å². The predicted octanol–water partition coefficient (Wildman–Crippen LogP) is 2.67. The maximum Gasteiger partial charge on any atom is 0.0453 e. The minimum Gasteiger partial charge on any atom is -0.366 e. The summed E-state index contributed by atoms with van der Waals surface area (Å²) in [5.74, 6) is 0.936. The van der Waals surface area contributed by atoms with Crippen molar-refractivity contribution < 1.29 is 0 Å². The van der Waals surface area contributed by atoms with Gasteiger partial charge in [0.05, 0.1) is 0 Å². The van der Waals surface area contributed by atoms with E-state index in [4.69, 9.17) is 0 Å². The van der Waals surface area contributed by atoms with Crippen molar-refractivity contribution in [1.82, 2.24) is 5.32 Å². The van der Waals surface area contributed by atoms with Gasteiger partial charge in [-0.2, -0.15) is 0 Å². The van der Waals surface area contributed by atoms with E-state index in [1.54, 1.807) is 11.3 Å². The van der Waals surface area contributed by atoms with Crippen LogP contribution in [0.4, 0.5) is 5.69 Å². The Morgan fingerprint density at radius 2 is 2.11 bits per heavy atom. The highest BCUT2D eigenvalue weighted by molar-refractivity contribution is 5.68. The molecular formula is C16H22N2. The van der Waals surface area contributed by atoms with Crippen molar-refractivity contribution in [1.29, 1.82) is 0 Å². The molecule has 0 saturated heterocycles. The number of anilines is 1. The summed E-state index contributed by atoms with van der Waals surface area (Å²) in [6.07, 6.45) is 2.86. The molecule has 1 aliphatic carbocycles. The van der Waals surface area contributed by atoms with Crippen molar-refractivity contribution in [3.05, 3.63) is 29.3 Å². The van der Waals surface area contributed by atoms with E-state index in [-0.39, 0.29) is 0 Å². The van der Waals surface area contributed by atoms with Gasteiger partial charge in [-0.05, 0) is 29.9 Å². The van der Waals surface area contributed by atoms with E-state index >= 15 is 0 Å². The lowest BCUT2D eigenvalue weighted by Gasteiger charge is -2.31. The summed E-state index contributed by atoms with van der Waals surface area (Å²) in [7, 11) is 0. The van der Waals surface area contributed by atoms with Crippen LogP contribution in [0.5, 0.6) is 0 Å². The Morgan fingerprint density at radius 3 is 2.89 bits per heavy atom. The average molecular weight is 242 g/mol. The number of hydrogen-bond donors (Lipinski definition) is 1. The highest BCUT2D eigenvalue weighted by Gasteiger charge is 2.44. The Morgan fingerprint density at radius 1 is 1.28 bits per heavy atom. The highest BCUT2D eigenvalue weighted by Crippen LogP contribution is 2.48. The Labute approximate surface area is 109 Å². The molecule has 2 heteroatoms. The van der Waals surface area contributed by atoms with Gasteiger partial charge in [0.15, 0.2) is 0 Å². The zero-order valence-electron chi connectivity index (χ0n) is 11.4. The zero-order valence-corrected chi connectivity index (χ0v) is 11.4. The summed E-state index contributed by atoms with van der Waals surface area (Å²) < 4.78 is 0. The zero-order chi connectivity index (χ0) is 12.3. The molecule has 4 rings (SSSR count). The number of para-hydroxylation sites is 1. The predicted molar refractivity (Wildman–Crippen MR) is 75.0 cm³/mol. The molecular weight excluding hydrogens is 220 g/mol. The first-order chi connectivity index (χ1) is 8.67. The molecule has 1 unspecified atom stereocenters. The van der Waals surface area contributed by atoms with Crippen LogP contribution in [0.3, 0.4) is 0 Å². The van der Waals surface area contributed by atoms with Crippen molar-refractivity contribution in [2.45, 2.75) is 44.7 Å². The molecule has 1 atom stereocenters. The van der Waals surface area contributed by atoms with Crippen molar-refractivity contribution >= 4 is 5.69 Å². The highest BCUT2D eigenvalue weighted by atomic mass is 15.2. The average Bonchev–Trinajstić information content (AvgIpc) is 3.12. The summed E-state index contributed by atoms with van der Waals surface area (Å²) >= 11 is 0. The molecule has 1 aromatic rings. The van der Waals surface area contributed by atoms with Gasteiger partial charge in [0.1, 0.15) is 0 Å². The molecule has 1 aromatic carbocycles.